The summed E-state index contributed by atoms with van der Waals surface area (Å²) in [7, 11) is 1.67. The van der Waals surface area contributed by atoms with E-state index in [1.807, 2.05) is 24.3 Å². The molecule has 0 saturated carbocycles. The van der Waals surface area contributed by atoms with Crippen molar-refractivity contribution in [3.63, 3.8) is 0 Å². The van der Waals surface area contributed by atoms with Crippen molar-refractivity contribution in [3.8, 4) is 17.2 Å². The van der Waals surface area contributed by atoms with E-state index >= 15 is 0 Å². The van der Waals surface area contributed by atoms with Gasteiger partial charge in [0.05, 0.1) is 7.11 Å². The summed E-state index contributed by atoms with van der Waals surface area (Å²) in [5.41, 5.74) is 4.37. The fourth-order valence-corrected chi connectivity index (χ4v) is 4.34. The first-order valence-electron chi connectivity index (χ1n) is 9.04. The van der Waals surface area contributed by atoms with E-state index in [-0.39, 0.29) is 0 Å². The highest BCUT2D eigenvalue weighted by molar-refractivity contribution is 5.87. The van der Waals surface area contributed by atoms with Gasteiger partial charge in [-0.05, 0) is 67.3 Å². The van der Waals surface area contributed by atoms with Crippen LogP contribution in [0.1, 0.15) is 30.1 Å². The third kappa shape index (κ3) is 2.40. The SMILES string of the molecule is COc1ccc(Oc2ccc3c(c2)c2c4n3CCN[C@H]4CCC2)cc1. The predicted molar refractivity (Wildman–Crippen MR) is 98.7 cm³/mol. The highest BCUT2D eigenvalue weighted by atomic mass is 16.5. The van der Waals surface area contributed by atoms with E-state index in [1.165, 1.54) is 41.4 Å². The average molecular weight is 334 g/mol. The first-order valence-corrected chi connectivity index (χ1v) is 9.04. The van der Waals surface area contributed by atoms with Crippen molar-refractivity contribution in [3.05, 3.63) is 53.7 Å². The van der Waals surface area contributed by atoms with Crippen LogP contribution in [-0.4, -0.2) is 18.2 Å². The summed E-state index contributed by atoms with van der Waals surface area (Å²) in [5.74, 6) is 2.56. The number of benzene rings is 2. The van der Waals surface area contributed by atoms with E-state index in [2.05, 4.69) is 28.1 Å². The molecule has 2 aromatic carbocycles. The van der Waals surface area contributed by atoms with Gasteiger partial charge in [0.15, 0.2) is 0 Å². The highest BCUT2D eigenvalue weighted by Crippen LogP contribution is 2.40. The van der Waals surface area contributed by atoms with Crippen LogP contribution in [0.3, 0.4) is 0 Å². The van der Waals surface area contributed by atoms with Crippen molar-refractivity contribution in [1.29, 1.82) is 0 Å². The van der Waals surface area contributed by atoms with Crippen LogP contribution < -0.4 is 14.8 Å². The summed E-state index contributed by atoms with van der Waals surface area (Å²) in [4.78, 5) is 0. The largest absolute Gasteiger partial charge is 0.497 e. The lowest BCUT2D eigenvalue weighted by atomic mass is 9.91. The van der Waals surface area contributed by atoms with Crippen molar-refractivity contribution in [2.45, 2.75) is 31.8 Å². The number of hydrogen-bond acceptors (Lipinski definition) is 3. The number of ether oxygens (including phenoxy) is 2. The second-order valence-electron chi connectivity index (χ2n) is 6.87. The highest BCUT2D eigenvalue weighted by Gasteiger charge is 2.29. The number of fused-ring (bicyclic) bond motifs is 3. The Balaban J connectivity index is 1.55. The Morgan fingerprint density at radius 3 is 2.68 bits per heavy atom. The van der Waals surface area contributed by atoms with Crippen molar-refractivity contribution in [2.24, 2.45) is 0 Å². The lowest BCUT2D eigenvalue weighted by Crippen LogP contribution is -2.35. The summed E-state index contributed by atoms with van der Waals surface area (Å²) in [6.07, 6.45) is 3.68. The van der Waals surface area contributed by atoms with Gasteiger partial charge in [0, 0.05) is 35.7 Å². The molecule has 0 saturated heterocycles. The van der Waals surface area contributed by atoms with E-state index in [9.17, 15) is 0 Å². The molecule has 128 valence electrons. The fraction of sp³-hybridized carbons (Fsp3) is 0.333. The summed E-state index contributed by atoms with van der Waals surface area (Å²) >= 11 is 0. The smallest absolute Gasteiger partial charge is 0.128 e. The Kier molecular flexibility index (Phi) is 3.45. The lowest BCUT2D eigenvalue weighted by Gasteiger charge is -2.31. The molecule has 1 N–H and O–H groups in total. The number of aryl methyl sites for hydroxylation is 1. The van der Waals surface area contributed by atoms with Gasteiger partial charge in [-0.3, -0.25) is 0 Å². The second kappa shape index (κ2) is 5.81. The quantitative estimate of drug-likeness (QED) is 0.770. The summed E-state index contributed by atoms with van der Waals surface area (Å²) in [6.45, 7) is 2.12. The standard InChI is InChI=1S/C21H22N2O2/c1-24-14-5-7-15(8-6-14)25-16-9-10-20-18(13-16)17-3-2-4-19-21(17)23(20)12-11-22-19/h5-10,13,19,22H,2-4,11-12H2,1H3/t19-/m0/s1. The van der Waals surface area contributed by atoms with Gasteiger partial charge >= 0.3 is 0 Å². The molecule has 1 aromatic heterocycles. The van der Waals surface area contributed by atoms with Gasteiger partial charge in [-0.15, -0.1) is 0 Å². The number of aromatic nitrogens is 1. The molecule has 2 heterocycles. The Hall–Kier alpha value is -2.46. The maximum absolute atomic E-state index is 6.08. The van der Waals surface area contributed by atoms with Crippen molar-refractivity contribution in [2.75, 3.05) is 13.7 Å². The molecular weight excluding hydrogens is 312 g/mol. The first kappa shape index (κ1) is 14.8. The van der Waals surface area contributed by atoms with E-state index in [0.717, 1.165) is 30.3 Å². The number of nitrogens with one attached hydrogen (secondary N) is 1. The molecule has 25 heavy (non-hydrogen) atoms. The van der Waals surface area contributed by atoms with Crippen LogP contribution in [0.15, 0.2) is 42.5 Å². The maximum Gasteiger partial charge on any atom is 0.128 e. The molecule has 5 rings (SSSR count). The molecule has 1 aliphatic heterocycles. The van der Waals surface area contributed by atoms with Crippen molar-refractivity contribution >= 4 is 10.9 Å². The van der Waals surface area contributed by atoms with Crippen LogP contribution in [0.25, 0.3) is 10.9 Å². The topological polar surface area (TPSA) is 35.4 Å². The summed E-state index contributed by atoms with van der Waals surface area (Å²) in [6, 6.07) is 14.8. The molecule has 3 aromatic rings. The van der Waals surface area contributed by atoms with Gasteiger partial charge < -0.3 is 19.4 Å². The minimum atomic E-state index is 0.524. The van der Waals surface area contributed by atoms with Crippen LogP contribution in [0.4, 0.5) is 0 Å². The van der Waals surface area contributed by atoms with Crippen LogP contribution in [0.5, 0.6) is 17.2 Å². The molecule has 4 nitrogen and oxygen atoms in total. The van der Waals surface area contributed by atoms with E-state index < -0.39 is 0 Å². The number of nitrogens with zero attached hydrogens (tertiary/aromatic N) is 1. The van der Waals surface area contributed by atoms with Gasteiger partial charge in [-0.25, -0.2) is 0 Å². The molecule has 0 bridgehead atoms. The molecule has 1 atom stereocenters. The second-order valence-corrected chi connectivity index (χ2v) is 6.87. The third-order valence-corrected chi connectivity index (χ3v) is 5.45. The summed E-state index contributed by atoms with van der Waals surface area (Å²) in [5, 5.41) is 5.04. The van der Waals surface area contributed by atoms with Crippen LogP contribution in [0.2, 0.25) is 0 Å². The van der Waals surface area contributed by atoms with Gasteiger partial charge in [-0.1, -0.05) is 0 Å². The Bertz CT molecular complexity index is 925. The zero-order valence-electron chi connectivity index (χ0n) is 14.4. The maximum atomic E-state index is 6.08. The Labute approximate surface area is 147 Å². The Morgan fingerprint density at radius 1 is 1.04 bits per heavy atom. The summed E-state index contributed by atoms with van der Waals surface area (Å²) < 4.78 is 13.8. The first-order chi connectivity index (χ1) is 12.3. The molecule has 2 aliphatic rings. The molecule has 0 radical (unpaired) electrons. The fourth-order valence-electron chi connectivity index (χ4n) is 4.34. The molecule has 0 spiro atoms. The van der Waals surface area contributed by atoms with Crippen LogP contribution in [-0.2, 0) is 13.0 Å². The Morgan fingerprint density at radius 2 is 1.84 bits per heavy atom. The minimum Gasteiger partial charge on any atom is -0.497 e. The number of methoxy groups -OCH3 is 1. The molecule has 0 unspecified atom stereocenters. The van der Waals surface area contributed by atoms with E-state index in [1.54, 1.807) is 7.11 Å². The third-order valence-electron chi connectivity index (χ3n) is 5.45. The molecular formula is C21H22N2O2. The molecule has 0 fully saturated rings. The number of rotatable bonds is 3. The van der Waals surface area contributed by atoms with Crippen molar-refractivity contribution in [1.82, 2.24) is 9.88 Å². The van der Waals surface area contributed by atoms with E-state index in [0.29, 0.717) is 6.04 Å². The minimum absolute atomic E-state index is 0.524. The van der Waals surface area contributed by atoms with Gasteiger partial charge in [0.1, 0.15) is 17.2 Å². The lowest BCUT2D eigenvalue weighted by molar-refractivity contribution is 0.384. The van der Waals surface area contributed by atoms with Gasteiger partial charge in [-0.2, -0.15) is 0 Å². The predicted octanol–water partition coefficient (Wildman–Crippen LogP) is 4.42. The zero-order valence-corrected chi connectivity index (χ0v) is 14.4. The number of hydrogen-bond donors (Lipinski definition) is 1. The molecule has 0 amide bonds. The van der Waals surface area contributed by atoms with Crippen molar-refractivity contribution < 1.29 is 9.47 Å². The molecule has 4 heteroatoms. The molecule has 1 aliphatic carbocycles. The average Bonchev–Trinajstić information content (AvgIpc) is 2.98. The van der Waals surface area contributed by atoms with E-state index in [4.69, 9.17) is 9.47 Å². The van der Waals surface area contributed by atoms with Crippen LogP contribution >= 0.6 is 0 Å². The normalized spacial score (nSPS) is 18.8. The van der Waals surface area contributed by atoms with Gasteiger partial charge in [0.25, 0.3) is 0 Å². The van der Waals surface area contributed by atoms with Gasteiger partial charge in [0.2, 0.25) is 0 Å². The zero-order chi connectivity index (χ0) is 16.8. The monoisotopic (exact) mass is 334 g/mol. The van der Waals surface area contributed by atoms with Crippen LogP contribution in [0, 0.1) is 0 Å².